The molecule has 1 rings (SSSR count). The Morgan fingerprint density at radius 3 is 2.80 bits per heavy atom. The van der Waals surface area contributed by atoms with E-state index in [1.165, 1.54) is 23.3 Å². The molecule has 1 amide bonds. The maximum atomic E-state index is 12.2. The van der Waals surface area contributed by atoms with Crippen molar-refractivity contribution >= 4 is 23.2 Å². The molecule has 0 saturated carbocycles. The van der Waals surface area contributed by atoms with Crippen molar-refractivity contribution in [3.05, 3.63) is 21.9 Å². The van der Waals surface area contributed by atoms with Crippen LogP contribution in [0.5, 0.6) is 0 Å². The van der Waals surface area contributed by atoms with Gasteiger partial charge >= 0.3 is 5.97 Å². The summed E-state index contributed by atoms with van der Waals surface area (Å²) < 4.78 is 4.64. The highest BCUT2D eigenvalue weighted by molar-refractivity contribution is 7.14. The predicted octanol–water partition coefficient (Wildman–Crippen LogP) is 0.939. The fraction of sp³-hybridized carbons (Fsp3) is 0.429. The third-order valence-electron chi connectivity index (χ3n) is 2.63. The molecule has 5 nitrogen and oxygen atoms in total. The first-order valence-electron chi connectivity index (χ1n) is 6.11. The summed E-state index contributed by atoms with van der Waals surface area (Å²) in [6.07, 6.45) is 0. The third kappa shape index (κ3) is 4.37. The highest BCUT2D eigenvalue weighted by Crippen LogP contribution is 2.17. The quantitative estimate of drug-likeness (QED) is 0.662. The Bertz CT molecular complexity index is 542. The molecule has 0 aliphatic rings. The first kappa shape index (κ1) is 16.2. The van der Waals surface area contributed by atoms with Crippen LogP contribution in [0.4, 0.5) is 0 Å². The molecule has 0 aliphatic heterocycles. The van der Waals surface area contributed by atoms with Crippen LogP contribution < -0.4 is 5.73 Å². The summed E-state index contributed by atoms with van der Waals surface area (Å²) in [5.41, 5.74) is 5.30. The molecule has 0 fully saturated rings. The Balaban J connectivity index is 2.69. The van der Waals surface area contributed by atoms with Crippen LogP contribution >= 0.6 is 11.3 Å². The van der Waals surface area contributed by atoms with Gasteiger partial charge in [-0.25, -0.2) is 0 Å². The molecule has 0 aliphatic carbocycles. The van der Waals surface area contributed by atoms with E-state index in [0.29, 0.717) is 11.4 Å². The van der Waals surface area contributed by atoms with Crippen molar-refractivity contribution in [2.45, 2.75) is 6.92 Å². The van der Waals surface area contributed by atoms with Gasteiger partial charge < -0.3 is 15.4 Å². The van der Waals surface area contributed by atoms with Gasteiger partial charge in [-0.05, 0) is 12.1 Å². The number of hydrogen-bond acceptors (Lipinski definition) is 5. The van der Waals surface area contributed by atoms with Crippen LogP contribution in [0, 0.1) is 17.8 Å². The van der Waals surface area contributed by atoms with Crippen LogP contribution in [0.3, 0.4) is 0 Å². The van der Waals surface area contributed by atoms with Gasteiger partial charge in [-0.2, -0.15) is 0 Å². The molecule has 0 aromatic carbocycles. The zero-order valence-electron chi connectivity index (χ0n) is 11.8. The maximum absolute atomic E-state index is 12.2. The van der Waals surface area contributed by atoms with E-state index in [-0.39, 0.29) is 24.3 Å². The van der Waals surface area contributed by atoms with Gasteiger partial charge in [-0.15, -0.1) is 11.3 Å². The van der Waals surface area contributed by atoms with E-state index in [9.17, 15) is 9.59 Å². The predicted molar refractivity (Wildman–Crippen MR) is 78.4 cm³/mol. The summed E-state index contributed by atoms with van der Waals surface area (Å²) in [7, 11) is 3.00. The first-order chi connectivity index (χ1) is 9.49. The minimum absolute atomic E-state index is 0.133. The van der Waals surface area contributed by atoms with E-state index < -0.39 is 0 Å². The van der Waals surface area contributed by atoms with Gasteiger partial charge in [-0.3, -0.25) is 9.59 Å². The van der Waals surface area contributed by atoms with Crippen LogP contribution in [-0.4, -0.2) is 44.0 Å². The molecular formula is C14H18N2O3S. The first-order valence-corrected chi connectivity index (χ1v) is 6.93. The van der Waals surface area contributed by atoms with Gasteiger partial charge in [0.05, 0.1) is 29.3 Å². The van der Waals surface area contributed by atoms with Crippen LogP contribution in [0.2, 0.25) is 0 Å². The Hall–Kier alpha value is -1.84. The maximum Gasteiger partial charge on any atom is 0.310 e. The zero-order valence-corrected chi connectivity index (χ0v) is 12.6. The number of carbonyl (C=O) groups is 2. The molecule has 1 aromatic rings. The van der Waals surface area contributed by atoms with Gasteiger partial charge in [0.2, 0.25) is 0 Å². The fourth-order valence-electron chi connectivity index (χ4n) is 1.62. The summed E-state index contributed by atoms with van der Waals surface area (Å²) in [6.45, 7) is 2.33. The molecular weight excluding hydrogens is 276 g/mol. The van der Waals surface area contributed by atoms with Gasteiger partial charge in [0.1, 0.15) is 0 Å². The lowest BCUT2D eigenvalue weighted by atomic mass is 10.2. The lowest BCUT2D eigenvalue weighted by molar-refractivity contribution is -0.145. The van der Waals surface area contributed by atoms with E-state index in [0.717, 1.165) is 4.88 Å². The number of esters is 1. The molecule has 2 N–H and O–H groups in total. The number of rotatable bonds is 4. The van der Waals surface area contributed by atoms with Crippen molar-refractivity contribution in [1.29, 1.82) is 0 Å². The normalized spacial score (nSPS) is 11.2. The second-order valence-electron chi connectivity index (χ2n) is 4.28. The second-order valence-corrected chi connectivity index (χ2v) is 5.36. The van der Waals surface area contributed by atoms with Gasteiger partial charge in [-0.1, -0.05) is 18.8 Å². The van der Waals surface area contributed by atoms with E-state index in [4.69, 9.17) is 5.73 Å². The molecule has 0 bridgehead atoms. The minimum Gasteiger partial charge on any atom is -0.469 e. The smallest absolute Gasteiger partial charge is 0.310 e. The zero-order chi connectivity index (χ0) is 15.1. The van der Waals surface area contributed by atoms with E-state index in [2.05, 4.69) is 16.6 Å². The fourth-order valence-corrected chi connectivity index (χ4v) is 2.49. The van der Waals surface area contributed by atoms with Crippen molar-refractivity contribution in [2.24, 2.45) is 11.7 Å². The topological polar surface area (TPSA) is 72.6 Å². The van der Waals surface area contributed by atoms with Crippen LogP contribution in [0.1, 0.15) is 21.5 Å². The van der Waals surface area contributed by atoms with E-state index in [1.807, 2.05) is 0 Å². The molecule has 0 radical (unpaired) electrons. The molecule has 6 heteroatoms. The lowest BCUT2D eigenvalue weighted by Gasteiger charge is -2.19. The van der Waals surface area contributed by atoms with E-state index in [1.54, 1.807) is 26.1 Å². The van der Waals surface area contributed by atoms with Crippen LogP contribution in [-0.2, 0) is 9.53 Å². The van der Waals surface area contributed by atoms with Gasteiger partial charge in [0.15, 0.2) is 0 Å². The number of nitrogens with two attached hydrogens (primary N) is 1. The van der Waals surface area contributed by atoms with Gasteiger partial charge in [0.25, 0.3) is 5.91 Å². The van der Waals surface area contributed by atoms with Gasteiger partial charge in [0, 0.05) is 13.6 Å². The Labute approximate surface area is 122 Å². The van der Waals surface area contributed by atoms with Crippen molar-refractivity contribution in [3.63, 3.8) is 0 Å². The van der Waals surface area contributed by atoms with Crippen LogP contribution in [0.15, 0.2) is 12.1 Å². The molecule has 1 heterocycles. The summed E-state index contributed by atoms with van der Waals surface area (Å²) in [5.74, 6) is 4.81. The SMILES string of the molecule is COC(=O)C(C)CN(C)C(=O)c1ccc(C#CCN)s1. The molecule has 0 saturated heterocycles. The number of carbonyl (C=O) groups excluding carboxylic acids is 2. The van der Waals surface area contributed by atoms with Crippen LogP contribution in [0.25, 0.3) is 0 Å². The van der Waals surface area contributed by atoms with Crippen molar-refractivity contribution in [3.8, 4) is 11.8 Å². The monoisotopic (exact) mass is 294 g/mol. The molecule has 108 valence electrons. The molecule has 1 aromatic heterocycles. The minimum atomic E-state index is -0.356. The number of methoxy groups -OCH3 is 1. The number of ether oxygens (including phenoxy) is 1. The van der Waals surface area contributed by atoms with Crippen molar-refractivity contribution < 1.29 is 14.3 Å². The number of hydrogen-bond donors (Lipinski definition) is 1. The summed E-state index contributed by atoms with van der Waals surface area (Å²) in [4.78, 5) is 26.4. The summed E-state index contributed by atoms with van der Waals surface area (Å²) in [5, 5.41) is 0. The highest BCUT2D eigenvalue weighted by Gasteiger charge is 2.20. The molecule has 1 atom stereocenters. The third-order valence-corrected chi connectivity index (χ3v) is 3.62. The van der Waals surface area contributed by atoms with E-state index >= 15 is 0 Å². The molecule has 0 spiro atoms. The summed E-state index contributed by atoms with van der Waals surface area (Å²) in [6, 6.07) is 3.52. The van der Waals surface area contributed by atoms with Crippen molar-refractivity contribution in [2.75, 3.05) is 27.2 Å². The average molecular weight is 294 g/mol. The largest absolute Gasteiger partial charge is 0.469 e. The highest BCUT2D eigenvalue weighted by atomic mass is 32.1. The Morgan fingerprint density at radius 2 is 2.20 bits per heavy atom. The molecule has 1 unspecified atom stereocenters. The Morgan fingerprint density at radius 1 is 1.50 bits per heavy atom. The second kappa shape index (κ2) is 7.68. The number of amides is 1. The lowest BCUT2D eigenvalue weighted by Crippen LogP contribution is -2.33. The number of nitrogens with zero attached hydrogens (tertiary/aromatic N) is 1. The summed E-state index contributed by atoms with van der Waals surface area (Å²) >= 11 is 1.31. The standard InChI is InChI=1S/C14H18N2O3S/c1-10(14(18)19-3)9-16(2)13(17)12-7-6-11(20-12)5-4-8-15/h6-7,10H,8-9,15H2,1-3H3. The molecule has 20 heavy (non-hydrogen) atoms. The average Bonchev–Trinajstić information content (AvgIpc) is 2.91. The van der Waals surface area contributed by atoms with Crippen molar-refractivity contribution in [1.82, 2.24) is 4.90 Å². The Kier molecular flexibility index (Phi) is 6.22. The number of thiophene rings is 1.